The molecule has 7 aromatic rings. The van der Waals surface area contributed by atoms with Crippen molar-refractivity contribution in [2.75, 3.05) is 62.3 Å². The molecule has 0 saturated carbocycles. The normalized spacial score (nSPS) is 13.0. The van der Waals surface area contributed by atoms with Gasteiger partial charge in [0, 0.05) is 105 Å². The van der Waals surface area contributed by atoms with E-state index in [1.54, 1.807) is 75.8 Å². The number of esters is 6. The van der Waals surface area contributed by atoms with Gasteiger partial charge in [0.25, 0.3) is 5.91 Å². The fourth-order valence-corrected chi connectivity index (χ4v) is 13.1. The quantitative estimate of drug-likeness (QED) is 0.0190. The first-order valence-electron chi connectivity index (χ1n) is 37.2. The summed E-state index contributed by atoms with van der Waals surface area (Å²) in [7, 11) is 7.94. The number of carboxylic acid groups (broad SMARTS) is 1. The highest BCUT2D eigenvalue weighted by Crippen LogP contribution is 2.38. The monoisotopic (exact) mass is 1800 g/mol. The lowest BCUT2D eigenvalue weighted by Gasteiger charge is -2.32. The first kappa shape index (κ1) is 106. The van der Waals surface area contributed by atoms with E-state index < -0.39 is 47.4 Å². The maximum Gasteiger partial charge on any atom is 0.410 e. The molecule has 3 aliphatic rings. The molecule has 2 amide bonds. The molecule has 4 aromatic carbocycles. The topological polar surface area (TPSA) is 406 Å². The number of carbonyl (C=O) groups excluding carboxylic acids is 8. The fourth-order valence-electron chi connectivity index (χ4n) is 10.9. The van der Waals surface area contributed by atoms with Gasteiger partial charge in [0.15, 0.2) is 0 Å². The molecule has 0 aliphatic carbocycles. The predicted octanol–water partition coefficient (Wildman–Crippen LogP) is 16.0. The Hall–Kier alpha value is -9.89. The summed E-state index contributed by atoms with van der Waals surface area (Å²) in [6, 6.07) is 12.3. The predicted molar refractivity (Wildman–Crippen MR) is 460 cm³/mol. The van der Waals surface area contributed by atoms with Gasteiger partial charge in [-0.2, -0.15) is 0 Å². The number of aromatic nitrogens is 6. The van der Waals surface area contributed by atoms with Crippen LogP contribution in [0.15, 0.2) is 70.7 Å². The number of nitrogens with zero attached hydrogens (tertiary/aromatic N) is 11. The van der Waals surface area contributed by atoms with E-state index in [1.807, 2.05) is 87.6 Å². The van der Waals surface area contributed by atoms with Crippen LogP contribution >= 0.6 is 82.0 Å². The molecule has 0 bridgehead atoms. The van der Waals surface area contributed by atoms with Crippen molar-refractivity contribution in [1.29, 1.82) is 0 Å². The zero-order valence-corrected chi connectivity index (χ0v) is 75.6. The van der Waals surface area contributed by atoms with E-state index in [-0.39, 0.29) is 87.0 Å². The third-order valence-corrected chi connectivity index (χ3v) is 19.4. The largest absolute Gasteiger partial charge is 0.481 e. The van der Waals surface area contributed by atoms with Crippen LogP contribution < -0.4 is 11.1 Å². The Morgan fingerprint density at radius 1 is 0.608 bits per heavy atom. The Bertz CT molecular complexity index is 4730. The van der Waals surface area contributed by atoms with Gasteiger partial charge in [0.1, 0.15) is 17.2 Å². The number of furan rings is 1. The van der Waals surface area contributed by atoms with Crippen molar-refractivity contribution in [3.8, 4) is 24.7 Å². The maximum atomic E-state index is 12.9. The molecule has 38 heteroatoms. The van der Waals surface area contributed by atoms with Crippen molar-refractivity contribution in [1.82, 2.24) is 45.1 Å². The zero-order chi connectivity index (χ0) is 89.9. The molecule has 3 aromatic heterocycles. The van der Waals surface area contributed by atoms with Gasteiger partial charge in [-0.25, -0.2) is 28.5 Å². The summed E-state index contributed by atoms with van der Waals surface area (Å²) >= 11 is 37.3. The second-order valence-corrected chi connectivity index (χ2v) is 30.9. The molecular formula is C82H104Cl7N13O18. The van der Waals surface area contributed by atoms with Crippen LogP contribution in [0.4, 0.5) is 4.79 Å². The zero-order valence-electron chi connectivity index (χ0n) is 70.2. The van der Waals surface area contributed by atoms with Crippen LogP contribution in [0.1, 0.15) is 194 Å². The number of fused-ring (bicyclic) bond motifs is 4. The number of amides is 2. The van der Waals surface area contributed by atoms with E-state index in [2.05, 4.69) is 66.8 Å². The number of terminal acetylenes is 2. The highest BCUT2D eigenvalue weighted by atomic mass is 35.5. The molecular weight excluding hydrogens is 1700 g/mol. The van der Waals surface area contributed by atoms with E-state index in [0.717, 1.165) is 64.0 Å². The molecule has 3 aliphatic heterocycles. The van der Waals surface area contributed by atoms with Gasteiger partial charge < -0.3 is 63.5 Å². The van der Waals surface area contributed by atoms with Crippen LogP contribution in [0, 0.1) is 42.4 Å². The number of azide groups is 1. The Morgan fingerprint density at radius 2 is 1.04 bits per heavy atom. The number of hydrogen-bond acceptors (Lipinski definition) is 24. The Labute approximate surface area is 734 Å². The fraction of sp³-hybridized carbons (Fsp3) is 0.476. The van der Waals surface area contributed by atoms with E-state index in [4.69, 9.17) is 117 Å². The van der Waals surface area contributed by atoms with Crippen molar-refractivity contribution < 1.29 is 85.8 Å². The molecule has 4 N–H and O–H groups in total. The second-order valence-electron chi connectivity index (χ2n) is 28.6. The number of nitrogens with two attached hydrogens (primary N) is 1. The van der Waals surface area contributed by atoms with Crippen LogP contribution in [-0.2, 0) is 104 Å². The standard InChI is InChI=1S/C20H15Cl2NO4.C16H19Cl2NO4.C11H11Cl2NO2.C10H17N3O2.C9H16N4O2.C7H10O2.C6H8O2.C3H7N3.ClH/c1-26-20(25)17-15(21)8-13-10-23(6-4-14(13)18(17)22)19(24)12-3-2-11-5-7-27-16(11)9-12;1-16(2,3)23-15(21)19-6-5-10-9(8-19)7-11(17)12(13(10)18)14(20)22-4;1-16-11(15)9-8(12)4-6-5-14-3-2-7(6)10(9)13;1-7(2)13-6-9(11-12-13)5-8(3)10(14)15-4;1-6(2)13-5-7(11-12-13)4-8(10)9(14)15-3;1-4-5-6(2)7(8)9-3;1-3-4-5(2)6(7)8;1-3(2)5-6-4;/h2-3,5,7-9H,4,6,10H2,1H3;7H,5-6,8H2,1-4H3;4,14H,2-3,5H2,1H3;6-8H,5H2,1-4H3;5-6,8H,4,10H2,1-3H3;1,6H,5H2,2-3H3;1,5H,4H2,2H3,(H,7,8);3H,1-2H3;1H/t;;;2*8-;6-;5-;;/m...0000../s1. The molecule has 10 rings (SSSR count). The summed E-state index contributed by atoms with van der Waals surface area (Å²) < 4.78 is 42.0. The van der Waals surface area contributed by atoms with Crippen LogP contribution in [0.25, 0.3) is 21.4 Å². The van der Waals surface area contributed by atoms with E-state index >= 15 is 0 Å². The van der Waals surface area contributed by atoms with Gasteiger partial charge in [-0.1, -0.05) is 126 Å². The van der Waals surface area contributed by atoms with Crippen molar-refractivity contribution in [2.45, 2.75) is 177 Å². The second kappa shape index (κ2) is 52.3. The molecule has 4 atom stereocenters. The number of hydrogen-bond donors (Lipinski definition) is 3. The third kappa shape index (κ3) is 32.9. The van der Waals surface area contributed by atoms with E-state index in [0.29, 0.717) is 108 Å². The number of ether oxygens (including phenoxy) is 7. The minimum absolute atomic E-state index is 0. The molecule has 0 fully saturated rings. The van der Waals surface area contributed by atoms with Gasteiger partial charge in [-0.3, -0.25) is 24.0 Å². The molecule has 120 heavy (non-hydrogen) atoms. The minimum atomic E-state index is -0.831. The first-order valence-corrected chi connectivity index (χ1v) is 39.4. The van der Waals surface area contributed by atoms with Gasteiger partial charge in [-0.05, 0) is 150 Å². The van der Waals surface area contributed by atoms with Gasteiger partial charge in [-0.15, -0.1) is 47.3 Å². The summed E-state index contributed by atoms with van der Waals surface area (Å²) in [4.78, 5) is 109. The summed E-state index contributed by atoms with van der Waals surface area (Å²) in [5.41, 5.74) is 21.4. The smallest absolute Gasteiger partial charge is 0.410 e. The van der Waals surface area contributed by atoms with Crippen molar-refractivity contribution in [3.05, 3.63) is 169 Å². The van der Waals surface area contributed by atoms with E-state index in [9.17, 15) is 43.2 Å². The number of carbonyl (C=O) groups is 9. The molecule has 0 spiro atoms. The van der Waals surface area contributed by atoms with Gasteiger partial charge in [0.05, 0.1) is 125 Å². The van der Waals surface area contributed by atoms with Crippen molar-refractivity contribution >= 4 is 147 Å². The van der Waals surface area contributed by atoms with Crippen LogP contribution in [0.3, 0.4) is 0 Å². The Kier molecular flexibility index (Phi) is 46.3. The summed E-state index contributed by atoms with van der Waals surface area (Å²) in [6.45, 7) is 25.6. The van der Waals surface area contributed by atoms with Crippen LogP contribution in [0.5, 0.6) is 0 Å². The lowest BCUT2D eigenvalue weighted by atomic mass is 9.96. The van der Waals surface area contributed by atoms with Crippen molar-refractivity contribution in [3.63, 3.8) is 0 Å². The molecule has 0 saturated heterocycles. The number of carboxylic acids is 1. The van der Waals surface area contributed by atoms with Crippen LogP contribution in [-0.4, -0.2) is 179 Å². The maximum absolute atomic E-state index is 12.9. The van der Waals surface area contributed by atoms with Crippen molar-refractivity contribution in [2.24, 2.45) is 28.6 Å². The molecule has 0 radical (unpaired) electrons. The number of halogens is 7. The Balaban J connectivity index is 0.000000483. The molecule has 0 unspecified atom stereocenters. The first-order chi connectivity index (χ1) is 56.0. The minimum Gasteiger partial charge on any atom is -0.481 e. The number of benzene rings is 4. The number of nitrogens with one attached hydrogen (secondary N) is 1. The van der Waals surface area contributed by atoms with E-state index in [1.165, 1.54) is 42.7 Å². The summed E-state index contributed by atoms with van der Waals surface area (Å²) in [5, 5.41) is 33.3. The molecule has 654 valence electrons. The summed E-state index contributed by atoms with van der Waals surface area (Å²) in [6.07, 6.45) is 18.2. The van der Waals surface area contributed by atoms with Gasteiger partial charge in [0.2, 0.25) is 0 Å². The number of rotatable bonds is 17. The lowest BCUT2D eigenvalue weighted by molar-refractivity contribution is -0.145. The third-order valence-electron chi connectivity index (χ3n) is 17.3. The number of aliphatic carboxylic acids is 1. The van der Waals surface area contributed by atoms with Gasteiger partial charge >= 0.3 is 47.9 Å². The van der Waals surface area contributed by atoms with Crippen LogP contribution in [0.2, 0.25) is 30.1 Å². The summed E-state index contributed by atoms with van der Waals surface area (Å²) in [5.74, 6) is 0.457. The molecule has 31 nitrogen and oxygen atoms in total. The Morgan fingerprint density at radius 3 is 1.44 bits per heavy atom. The average molecular weight is 1810 g/mol. The highest BCUT2D eigenvalue weighted by molar-refractivity contribution is 6.41. The SMILES string of the molecule is C#CC[C@H](C)C(=O)O.C#CC[C@H](C)C(=O)OC.CC(C)N=[N+]=[N-].COC(=O)[C@@H](C)Cc1cn(C(C)C)nn1.COC(=O)[C@@H](N)Cc1cn(C(C)C)nn1.COC(=O)c1c(Cl)cc2c(c1Cl)CCN(C(=O)OC(C)(C)C)C2.COC(=O)c1c(Cl)cc2c(c1Cl)CCN(C(=O)c1ccc3ccoc3c1)C2.COC(=O)c1c(Cl)cc2c(c1Cl)CCNC2.Cl. The average Bonchev–Trinajstić information content (AvgIpc) is 0.935. The molecule has 6 heterocycles. The highest BCUT2D eigenvalue weighted by Gasteiger charge is 2.32. The lowest BCUT2D eigenvalue weighted by Crippen LogP contribution is -2.40. The number of methoxy groups -OCH3 is 6.